The van der Waals surface area contributed by atoms with E-state index < -0.39 is 0 Å². The van der Waals surface area contributed by atoms with E-state index in [2.05, 4.69) is 15.3 Å². The SMILES string of the molecule is Cc1nccc(CNC2CCSc3c(F)cccc32)n1. The van der Waals surface area contributed by atoms with Gasteiger partial charge in [-0.1, -0.05) is 12.1 Å². The lowest BCUT2D eigenvalue weighted by Gasteiger charge is -2.26. The van der Waals surface area contributed by atoms with E-state index in [1.165, 1.54) is 6.07 Å². The summed E-state index contributed by atoms with van der Waals surface area (Å²) in [5, 5.41) is 3.48. The average Bonchev–Trinajstić information content (AvgIpc) is 2.46. The molecule has 0 spiro atoms. The maximum atomic E-state index is 13.8. The molecule has 3 rings (SSSR count). The Bertz CT molecular complexity index is 618. The van der Waals surface area contributed by atoms with Crippen molar-refractivity contribution in [1.82, 2.24) is 15.3 Å². The van der Waals surface area contributed by atoms with Gasteiger partial charge in [-0.2, -0.15) is 0 Å². The molecule has 0 amide bonds. The van der Waals surface area contributed by atoms with Gasteiger partial charge in [0.2, 0.25) is 0 Å². The van der Waals surface area contributed by atoms with Crippen LogP contribution in [0.2, 0.25) is 0 Å². The summed E-state index contributed by atoms with van der Waals surface area (Å²) >= 11 is 1.60. The molecule has 20 heavy (non-hydrogen) atoms. The van der Waals surface area contributed by atoms with Crippen LogP contribution in [0.1, 0.15) is 29.5 Å². The molecular weight excluding hydrogens is 273 g/mol. The van der Waals surface area contributed by atoms with E-state index in [-0.39, 0.29) is 11.9 Å². The van der Waals surface area contributed by atoms with Crippen LogP contribution in [0.5, 0.6) is 0 Å². The first-order valence-corrected chi connectivity index (χ1v) is 7.66. The molecule has 0 radical (unpaired) electrons. The zero-order valence-electron chi connectivity index (χ0n) is 11.3. The van der Waals surface area contributed by atoms with Gasteiger partial charge < -0.3 is 5.32 Å². The number of halogens is 1. The predicted octanol–water partition coefficient (Wildman–Crippen LogP) is 3.25. The number of fused-ring (bicyclic) bond motifs is 1. The van der Waals surface area contributed by atoms with Crippen LogP contribution in [0, 0.1) is 12.7 Å². The van der Waals surface area contributed by atoms with Crippen molar-refractivity contribution < 1.29 is 4.39 Å². The molecule has 3 nitrogen and oxygen atoms in total. The molecule has 1 aliphatic rings. The van der Waals surface area contributed by atoms with Gasteiger partial charge in [-0.15, -0.1) is 11.8 Å². The van der Waals surface area contributed by atoms with Gasteiger partial charge in [0.25, 0.3) is 0 Å². The largest absolute Gasteiger partial charge is 0.304 e. The monoisotopic (exact) mass is 289 g/mol. The summed E-state index contributed by atoms with van der Waals surface area (Å²) in [5.74, 6) is 1.60. The van der Waals surface area contributed by atoms with Crippen molar-refractivity contribution >= 4 is 11.8 Å². The van der Waals surface area contributed by atoms with Gasteiger partial charge in [-0.25, -0.2) is 14.4 Å². The molecule has 0 aliphatic carbocycles. The molecule has 0 saturated heterocycles. The first-order valence-electron chi connectivity index (χ1n) is 6.67. The van der Waals surface area contributed by atoms with E-state index >= 15 is 0 Å². The van der Waals surface area contributed by atoms with Crippen LogP contribution in [-0.2, 0) is 6.54 Å². The quantitative estimate of drug-likeness (QED) is 0.941. The number of hydrogen-bond donors (Lipinski definition) is 1. The van der Waals surface area contributed by atoms with Crippen molar-refractivity contribution in [3.8, 4) is 0 Å². The summed E-state index contributed by atoms with van der Waals surface area (Å²) in [4.78, 5) is 9.26. The van der Waals surface area contributed by atoms with Crippen molar-refractivity contribution in [2.24, 2.45) is 0 Å². The van der Waals surface area contributed by atoms with Gasteiger partial charge in [0.1, 0.15) is 11.6 Å². The Morgan fingerprint density at radius 3 is 3.15 bits per heavy atom. The van der Waals surface area contributed by atoms with Crippen LogP contribution >= 0.6 is 11.8 Å². The first-order chi connectivity index (χ1) is 9.74. The third-order valence-electron chi connectivity index (χ3n) is 3.39. The van der Waals surface area contributed by atoms with E-state index in [0.29, 0.717) is 6.54 Å². The normalized spacial score (nSPS) is 17.8. The van der Waals surface area contributed by atoms with Gasteiger partial charge in [0.05, 0.1) is 5.69 Å². The van der Waals surface area contributed by atoms with Gasteiger partial charge >= 0.3 is 0 Å². The van der Waals surface area contributed by atoms with Gasteiger partial charge in [0.15, 0.2) is 0 Å². The van der Waals surface area contributed by atoms with Crippen LogP contribution in [0.4, 0.5) is 4.39 Å². The highest BCUT2D eigenvalue weighted by Crippen LogP contribution is 2.37. The third kappa shape index (κ3) is 2.83. The topological polar surface area (TPSA) is 37.8 Å². The second kappa shape index (κ2) is 5.89. The van der Waals surface area contributed by atoms with E-state index in [4.69, 9.17) is 0 Å². The van der Waals surface area contributed by atoms with Crippen molar-refractivity contribution in [3.05, 3.63) is 53.4 Å². The summed E-state index contributed by atoms with van der Waals surface area (Å²) in [6.07, 6.45) is 2.77. The number of nitrogens with zero attached hydrogens (tertiary/aromatic N) is 2. The predicted molar refractivity (Wildman–Crippen MR) is 78.1 cm³/mol. The van der Waals surface area contributed by atoms with Crippen molar-refractivity contribution in [3.63, 3.8) is 0 Å². The Hall–Kier alpha value is -1.46. The van der Waals surface area contributed by atoms with Crippen molar-refractivity contribution in [2.75, 3.05) is 5.75 Å². The number of aryl methyl sites for hydroxylation is 1. The summed E-state index contributed by atoms with van der Waals surface area (Å²) in [6.45, 7) is 2.56. The van der Waals surface area contributed by atoms with Crippen LogP contribution in [0.3, 0.4) is 0 Å². The Kier molecular flexibility index (Phi) is 3.98. The highest BCUT2D eigenvalue weighted by atomic mass is 32.2. The maximum Gasteiger partial charge on any atom is 0.137 e. The van der Waals surface area contributed by atoms with Crippen LogP contribution in [-0.4, -0.2) is 15.7 Å². The molecule has 0 fully saturated rings. The second-order valence-electron chi connectivity index (χ2n) is 4.82. The third-order valence-corrected chi connectivity index (χ3v) is 4.55. The van der Waals surface area contributed by atoms with E-state index in [0.717, 1.165) is 34.2 Å². The number of rotatable bonds is 3. The lowest BCUT2D eigenvalue weighted by atomic mass is 10.0. The van der Waals surface area contributed by atoms with E-state index in [9.17, 15) is 4.39 Å². The van der Waals surface area contributed by atoms with Crippen LogP contribution < -0.4 is 5.32 Å². The summed E-state index contributed by atoms with van der Waals surface area (Å²) in [5.41, 5.74) is 2.03. The summed E-state index contributed by atoms with van der Waals surface area (Å²) in [7, 11) is 0. The van der Waals surface area contributed by atoms with Gasteiger partial charge in [-0.05, 0) is 36.8 Å². The Balaban J connectivity index is 1.75. The standard InChI is InChI=1S/C15H16FN3S/c1-10-17-7-5-11(19-10)9-18-14-6-8-20-15-12(14)3-2-4-13(15)16/h2-5,7,14,18H,6,8-9H2,1H3. The molecular formula is C15H16FN3S. The zero-order chi connectivity index (χ0) is 13.9. The van der Waals surface area contributed by atoms with Crippen molar-refractivity contribution in [1.29, 1.82) is 0 Å². The van der Waals surface area contributed by atoms with Crippen LogP contribution in [0.25, 0.3) is 0 Å². The Morgan fingerprint density at radius 1 is 1.40 bits per heavy atom. The fourth-order valence-corrected chi connectivity index (χ4v) is 3.57. The first kappa shape index (κ1) is 13.5. The fourth-order valence-electron chi connectivity index (χ4n) is 2.43. The number of thioether (sulfide) groups is 1. The van der Waals surface area contributed by atoms with E-state index in [1.54, 1.807) is 24.0 Å². The smallest absolute Gasteiger partial charge is 0.137 e. The highest BCUT2D eigenvalue weighted by molar-refractivity contribution is 7.99. The molecule has 0 bridgehead atoms. The molecule has 104 valence electrons. The molecule has 1 aromatic carbocycles. The number of hydrogen-bond acceptors (Lipinski definition) is 4. The average molecular weight is 289 g/mol. The Labute approximate surface area is 122 Å². The molecule has 1 unspecified atom stereocenters. The summed E-state index contributed by atoms with van der Waals surface area (Å²) < 4.78 is 13.8. The maximum absolute atomic E-state index is 13.8. The van der Waals surface area contributed by atoms with Crippen LogP contribution in [0.15, 0.2) is 35.4 Å². The molecule has 2 heterocycles. The Morgan fingerprint density at radius 2 is 2.30 bits per heavy atom. The number of nitrogens with one attached hydrogen (secondary N) is 1. The minimum Gasteiger partial charge on any atom is -0.304 e. The minimum atomic E-state index is -0.114. The molecule has 1 atom stereocenters. The summed E-state index contributed by atoms with van der Waals surface area (Å²) in [6, 6.07) is 7.42. The molecule has 2 aromatic rings. The van der Waals surface area contributed by atoms with Gasteiger partial charge in [-0.3, -0.25) is 0 Å². The molecule has 5 heteroatoms. The molecule has 1 aliphatic heterocycles. The molecule has 0 saturated carbocycles. The second-order valence-corrected chi connectivity index (χ2v) is 5.93. The van der Waals surface area contributed by atoms with E-state index in [1.807, 2.05) is 19.1 Å². The van der Waals surface area contributed by atoms with Gasteiger partial charge in [0, 0.05) is 23.7 Å². The lowest BCUT2D eigenvalue weighted by Crippen LogP contribution is -2.25. The lowest BCUT2D eigenvalue weighted by molar-refractivity contribution is 0.492. The highest BCUT2D eigenvalue weighted by Gasteiger charge is 2.22. The number of aromatic nitrogens is 2. The van der Waals surface area contributed by atoms with Crippen molar-refractivity contribution in [2.45, 2.75) is 30.8 Å². The molecule has 1 N–H and O–H groups in total. The fraction of sp³-hybridized carbons (Fsp3) is 0.333. The number of benzene rings is 1. The minimum absolute atomic E-state index is 0.114. The molecule has 1 aromatic heterocycles. The zero-order valence-corrected chi connectivity index (χ0v) is 12.1.